The third kappa shape index (κ3) is 3.75. The molecule has 3 aromatic heterocycles. The van der Waals surface area contributed by atoms with E-state index in [-0.39, 0.29) is 24.4 Å². The van der Waals surface area contributed by atoms with E-state index in [0.717, 1.165) is 11.8 Å². The van der Waals surface area contributed by atoms with Gasteiger partial charge in [-0.1, -0.05) is 6.07 Å². The molecule has 3 atom stereocenters. The predicted octanol–water partition coefficient (Wildman–Crippen LogP) is 2.61. The number of fused-ring (bicyclic) bond motifs is 2. The summed E-state index contributed by atoms with van der Waals surface area (Å²) in [7, 11) is 1.32. The van der Waals surface area contributed by atoms with Crippen LogP contribution in [0.15, 0.2) is 47.3 Å². The number of carbonyl (C=O) groups excluding carboxylic acids is 3. The van der Waals surface area contributed by atoms with Crippen LogP contribution in [-0.2, 0) is 20.9 Å². The van der Waals surface area contributed by atoms with E-state index in [1.165, 1.54) is 13.3 Å². The van der Waals surface area contributed by atoms with Crippen molar-refractivity contribution in [1.29, 1.82) is 0 Å². The van der Waals surface area contributed by atoms with Gasteiger partial charge < -0.3 is 19.5 Å². The minimum atomic E-state index is -0.521. The number of hydrogen-bond donors (Lipinski definition) is 1. The molecule has 2 amide bonds. The molecule has 1 aliphatic heterocycles. The maximum Gasteiger partial charge on any atom is 0.339 e. The number of anilines is 1. The van der Waals surface area contributed by atoms with Crippen molar-refractivity contribution in [1.82, 2.24) is 19.4 Å². The topological polar surface area (TPSA) is 106 Å². The van der Waals surface area contributed by atoms with Crippen molar-refractivity contribution < 1.29 is 19.1 Å². The molecule has 9 nitrogen and oxygen atoms in total. The molecule has 2 aliphatic rings. The molecule has 2 fully saturated rings. The number of likely N-dealkylation sites (tertiary alicyclic amines) is 1. The Morgan fingerprint density at radius 3 is 2.88 bits per heavy atom. The number of ether oxygens (including phenoxy) is 1. The number of rotatable bonds is 5. The lowest BCUT2D eigenvalue weighted by Crippen LogP contribution is -2.46. The Morgan fingerprint density at radius 1 is 1.25 bits per heavy atom. The van der Waals surface area contributed by atoms with Crippen molar-refractivity contribution in [2.75, 3.05) is 12.4 Å². The van der Waals surface area contributed by atoms with Gasteiger partial charge in [0, 0.05) is 23.8 Å². The van der Waals surface area contributed by atoms with Crippen LogP contribution in [-0.4, -0.2) is 56.4 Å². The Morgan fingerprint density at radius 2 is 2.09 bits per heavy atom. The van der Waals surface area contributed by atoms with E-state index >= 15 is 0 Å². The second kappa shape index (κ2) is 8.01. The highest BCUT2D eigenvalue weighted by Gasteiger charge is 2.56. The Bertz CT molecular complexity index is 1240. The third-order valence-corrected chi connectivity index (χ3v) is 6.43. The fraction of sp³-hybridized carbons (Fsp3) is 0.318. The highest BCUT2D eigenvalue weighted by molar-refractivity contribution is 9.10. The first-order valence-electron chi connectivity index (χ1n) is 10.2. The summed E-state index contributed by atoms with van der Waals surface area (Å²) in [6.45, 7) is 0.0657. The summed E-state index contributed by atoms with van der Waals surface area (Å²) in [6.07, 6.45) is 4.78. The number of carbonyl (C=O) groups is 3. The van der Waals surface area contributed by atoms with Gasteiger partial charge in [0.25, 0.3) is 0 Å². The van der Waals surface area contributed by atoms with Gasteiger partial charge in [-0.05, 0) is 59.0 Å². The number of aromatic nitrogens is 3. The number of piperidine rings is 1. The zero-order valence-electron chi connectivity index (χ0n) is 17.2. The van der Waals surface area contributed by atoms with Crippen LogP contribution in [0.3, 0.4) is 0 Å². The number of methoxy groups -OCH3 is 1. The molecule has 1 saturated heterocycles. The molecule has 1 aliphatic carbocycles. The van der Waals surface area contributed by atoms with Gasteiger partial charge in [0.1, 0.15) is 28.7 Å². The van der Waals surface area contributed by atoms with E-state index in [1.807, 2.05) is 0 Å². The summed E-state index contributed by atoms with van der Waals surface area (Å²) in [5.41, 5.74) is 0.944. The minimum Gasteiger partial charge on any atom is -0.465 e. The summed E-state index contributed by atoms with van der Waals surface area (Å²) in [5, 5.41) is 3.56. The molecule has 0 bridgehead atoms. The molecule has 4 heterocycles. The molecule has 2 unspecified atom stereocenters. The Hall–Kier alpha value is -3.27. The van der Waals surface area contributed by atoms with E-state index in [4.69, 9.17) is 4.74 Å². The van der Waals surface area contributed by atoms with Gasteiger partial charge in [0.05, 0.1) is 12.7 Å². The van der Waals surface area contributed by atoms with Crippen LogP contribution in [0.25, 0.3) is 11.0 Å². The zero-order chi connectivity index (χ0) is 22.4. The van der Waals surface area contributed by atoms with Crippen molar-refractivity contribution in [2.45, 2.75) is 31.5 Å². The number of hydrogen-bond acceptors (Lipinski definition) is 6. The number of halogens is 1. The third-order valence-electron chi connectivity index (χ3n) is 5.99. The van der Waals surface area contributed by atoms with Crippen LogP contribution in [0, 0.1) is 5.92 Å². The van der Waals surface area contributed by atoms with Crippen LogP contribution in [0.2, 0.25) is 0 Å². The molecule has 3 aromatic rings. The number of pyridine rings is 2. The van der Waals surface area contributed by atoms with Crippen molar-refractivity contribution in [3.05, 3.63) is 52.9 Å². The van der Waals surface area contributed by atoms with Crippen LogP contribution in [0.5, 0.6) is 0 Å². The monoisotopic (exact) mass is 497 g/mol. The minimum absolute atomic E-state index is 0.0657. The first-order valence-corrected chi connectivity index (χ1v) is 11.0. The van der Waals surface area contributed by atoms with E-state index in [1.54, 1.807) is 46.0 Å². The summed E-state index contributed by atoms with van der Waals surface area (Å²) < 4.78 is 7.09. The Labute approximate surface area is 191 Å². The molecule has 32 heavy (non-hydrogen) atoms. The first kappa shape index (κ1) is 20.6. The number of amides is 2. The summed E-state index contributed by atoms with van der Waals surface area (Å²) in [6, 6.07) is 8.35. The van der Waals surface area contributed by atoms with Crippen molar-refractivity contribution in [2.24, 2.45) is 5.92 Å². The van der Waals surface area contributed by atoms with Gasteiger partial charge in [0.15, 0.2) is 0 Å². The molecule has 5 rings (SSSR count). The number of nitrogens with zero attached hydrogens (tertiary/aromatic N) is 4. The van der Waals surface area contributed by atoms with Crippen molar-refractivity contribution in [3.63, 3.8) is 0 Å². The highest BCUT2D eigenvalue weighted by Crippen LogP contribution is 2.48. The second-order valence-electron chi connectivity index (χ2n) is 8.02. The normalized spacial score (nSPS) is 21.3. The molecular formula is C22H20BrN5O4. The van der Waals surface area contributed by atoms with E-state index < -0.39 is 12.0 Å². The smallest absolute Gasteiger partial charge is 0.339 e. The highest BCUT2D eigenvalue weighted by atomic mass is 79.9. The standard InChI is InChI=1S/C22H20BrN5O4/c1-32-22(31)14-7-12-5-6-27(20(12)24-10-14)11-19(29)28-15-8-13(15)9-16(28)21(30)26-18-4-2-3-17(23)25-18/h2-7,10,13,15-16H,8-9,11H2,1H3,(H,25,26,30)/t13?,15?,16-/m0/s1. The van der Waals surface area contributed by atoms with Crippen LogP contribution in [0.4, 0.5) is 5.82 Å². The van der Waals surface area contributed by atoms with Crippen LogP contribution in [0.1, 0.15) is 23.2 Å². The average molecular weight is 498 g/mol. The zero-order valence-corrected chi connectivity index (χ0v) is 18.8. The van der Waals surface area contributed by atoms with Gasteiger partial charge in [0.2, 0.25) is 11.8 Å². The fourth-order valence-corrected chi connectivity index (χ4v) is 4.74. The van der Waals surface area contributed by atoms with E-state index in [2.05, 4.69) is 31.2 Å². The Balaban J connectivity index is 1.33. The molecule has 164 valence electrons. The van der Waals surface area contributed by atoms with Gasteiger partial charge >= 0.3 is 5.97 Å². The van der Waals surface area contributed by atoms with E-state index in [0.29, 0.717) is 34.0 Å². The first-order chi connectivity index (χ1) is 15.4. The largest absolute Gasteiger partial charge is 0.465 e. The number of nitrogens with one attached hydrogen (secondary N) is 1. The van der Waals surface area contributed by atoms with Gasteiger partial charge in [-0.25, -0.2) is 14.8 Å². The van der Waals surface area contributed by atoms with Gasteiger partial charge in [-0.3, -0.25) is 9.59 Å². The molecule has 0 spiro atoms. The molecule has 1 N–H and O–H groups in total. The molecule has 1 saturated carbocycles. The predicted molar refractivity (Wildman–Crippen MR) is 119 cm³/mol. The van der Waals surface area contributed by atoms with Gasteiger partial charge in [-0.15, -0.1) is 0 Å². The fourth-order valence-electron chi connectivity index (χ4n) is 4.40. The summed E-state index contributed by atoms with van der Waals surface area (Å²) in [5.74, 6) is -0.0106. The molecular weight excluding hydrogens is 478 g/mol. The molecule has 0 aromatic carbocycles. The molecule has 0 radical (unpaired) electrons. The van der Waals surface area contributed by atoms with E-state index in [9.17, 15) is 14.4 Å². The van der Waals surface area contributed by atoms with Crippen LogP contribution >= 0.6 is 15.9 Å². The number of esters is 1. The molecule has 10 heteroatoms. The van der Waals surface area contributed by atoms with Crippen molar-refractivity contribution in [3.8, 4) is 0 Å². The lowest BCUT2D eigenvalue weighted by Gasteiger charge is -2.27. The second-order valence-corrected chi connectivity index (χ2v) is 8.83. The lowest BCUT2D eigenvalue weighted by atomic mass is 10.1. The summed E-state index contributed by atoms with van der Waals surface area (Å²) in [4.78, 5) is 48.2. The maximum absolute atomic E-state index is 13.2. The SMILES string of the molecule is COC(=O)c1cnc2c(ccn2CC(=O)N2C3CC3C[C@H]2C(=O)Nc2cccc(Br)n2)c1. The maximum atomic E-state index is 13.2. The lowest BCUT2D eigenvalue weighted by molar-refractivity contribution is -0.138. The van der Waals surface area contributed by atoms with Crippen molar-refractivity contribution >= 4 is 50.6 Å². The Kier molecular flexibility index (Phi) is 5.16. The summed E-state index contributed by atoms with van der Waals surface area (Å²) >= 11 is 3.30. The van der Waals surface area contributed by atoms with Gasteiger partial charge in [-0.2, -0.15) is 0 Å². The van der Waals surface area contributed by atoms with Crippen LogP contribution < -0.4 is 5.32 Å². The average Bonchev–Trinajstić information content (AvgIpc) is 3.26. The quantitative estimate of drug-likeness (QED) is 0.428.